The van der Waals surface area contributed by atoms with Gasteiger partial charge in [-0.25, -0.2) is 0 Å². The van der Waals surface area contributed by atoms with Crippen molar-refractivity contribution in [3.05, 3.63) is 35.4 Å². The van der Waals surface area contributed by atoms with Crippen molar-refractivity contribution < 1.29 is 19.1 Å². The molecule has 3 rings (SSSR count). The summed E-state index contributed by atoms with van der Waals surface area (Å²) in [6.45, 7) is 3.33. The summed E-state index contributed by atoms with van der Waals surface area (Å²) in [6.07, 6.45) is 8.24. The minimum absolute atomic E-state index is 0.000864. The van der Waals surface area contributed by atoms with Crippen molar-refractivity contribution in [1.82, 2.24) is 10.2 Å². The fraction of sp³-hybridized carbons (Fsp3) is 0.565. The molecule has 0 unspecified atom stereocenters. The number of nitrogens with zero attached hydrogens (tertiary/aromatic N) is 1. The summed E-state index contributed by atoms with van der Waals surface area (Å²) in [5, 5.41) is 3.12. The highest BCUT2D eigenvalue weighted by atomic mass is 16.5. The summed E-state index contributed by atoms with van der Waals surface area (Å²) in [7, 11) is 3.13. The van der Waals surface area contributed by atoms with Gasteiger partial charge in [0.05, 0.1) is 14.2 Å². The number of carbonyl (C=O) groups is 2. The Kier molecular flexibility index (Phi) is 7.18. The minimum Gasteiger partial charge on any atom is -0.493 e. The Bertz CT molecular complexity index is 760. The van der Waals surface area contributed by atoms with E-state index in [4.69, 9.17) is 9.47 Å². The molecule has 29 heavy (non-hydrogen) atoms. The molecular weight excluding hydrogens is 368 g/mol. The third kappa shape index (κ3) is 5.31. The number of carbonyl (C=O) groups excluding carboxylic acids is 2. The lowest BCUT2D eigenvalue weighted by atomic mass is 9.98. The van der Waals surface area contributed by atoms with E-state index in [-0.39, 0.29) is 17.9 Å². The van der Waals surface area contributed by atoms with Crippen LogP contribution in [0.15, 0.2) is 29.8 Å². The third-order valence-corrected chi connectivity index (χ3v) is 6.12. The Hall–Kier alpha value is -2.50. The van der Waals surface area contributed by atoms with Crippen molar-refractivity contribution in [1.29, 1.82) is 0 Å². The summed E-state index contributed by atoms with van der Waals surface area (Å²) < 4.78 is 10.5. The smallest absolute Gasteiger partial charge is 0.253 e. The number of hydrogen-bond acceptors (Lipinski definition) is 4. The second-order valence-corrected chi connectivity index (χ2v) is 8.01. The molecule has 2 fully saturated rings. The number of ether oxygens (including phenoxy) is 2. The molecule has 0 spiro atoms. The largest absolute Gasteiger partial charge is 0.493 e. The van der Waals surface area contributed by atoms with E-state index in [0.717, 1.165) is 12.8 Å². The van der Waals surface area contributed by atoms with Crippen LogP contribution in [0, 0.1) is 5.92 Å². The highest BCUT2D eigenvalue weighted by Gasteiger charge is 2.25. The van der Waals surface area contributed by atoms with Gasteiger partial charge < -0.3 is 19.7 Å². The zero-order valence-corrected chi connectivity index (χ0v) is 17.7. The number of likely N-dealkylation sites (tertiary alicyclic amines) is 1. The molecule has 6 nitrogen and oxygen atoms in total. The van der Waals surface area contributed by atoms with Gasteiger partial charge in [-0.2, -0.15) is 0 Å². The van der Waals surface area contributed by atoms with E-state index in [0.29, 0.717) is 36.1 Å². The van der Waals surface area contributed by atoms with Crippen LogP contribution in [0.2, 0.25) is 0 Å². The van der Waals surface area contributed by atoms with Gasteiger partial charge in [0.15, 0.2) is 11.5 Å². The Morgan fingerprint density at radius 2 is 1.69 bits per heavy atom. The predicted octanol–water partition coefficient (Wildman–Crippen LogP) is 3.56. The number of piperidine rings is 1. The number of benzene rings is 1. The van der Waals surface area contributed by atoms with Gasteiger partial charge >= 0.3 is 0 Å². The maximum atomic E-state index is 12.8. The summed E-state index contributed by atoms with van der Waals surface area (Å²) >= 11 is 0. The van der Waals surface area contributed by atoms with Crippen molar-refractivity contribution in [2.24, 2.45) is 5.92 Å². The fourth-order valence-electron chi connectivity index (χ4n) is 4.33. The molecule has 1 aliphatic heterocycles. The molecule has 6 heteroatoms. The van der Waals surface area contributed by atoms with Crippen molar-refractivity contribution in [2.45, 2.75) is 51.5 Å². The van der Waals surface area contributed by atoms with Crippen molar-refractivity contribution in [3.8, 4) is 11.5 Å². The summed E-state index contributed by atoms with van der Waals surface area (Å²) in [4.78, 5) is 27.0. The molecule has 1 saturated heterocycles. The first-order valence-corrected chi connectivity index (χ1v) is 10.5. The van der Waals surface area contributed by atoms with Crippen LogP contribution in [0.1, 0.15) is 55.8 Å². The second kappa shape index (κ2) is 9.81. The van der Waals surface area contributed by atoms with Crippen LogP contribution in [-0.4, -0.2) is 50.1 Å². The van der Waals surface area contributed by atoms with Crippen LogP contribution >= 0.6 is 0 Å². The first-order valence-electron chi connectivity index (χ1n) is 10.5. The van der Waals surface area contributed by atoms with Crippen LogP contribution in [0.25, 0.3) is 0 Å². The van der Waals surface area contributed by atoms with E-state index in [2.05, 4.69) is 12.2 Å². The number of nitrogens with one attached hydrogen (secondary N) is 1. The molecule has 1 N–H and O–H groups in total. The highest BCUT2D eigenvalue weighted by Crippen LogP contribution is 2.31. The molecule has 0 atom stereocenters. The van der Waals surface area contributed by atoms with Gasteiger partial charge in [-0.3, -0.25) is 9.59 Å². The second-order valence-electron chi connectivity index (χ2n) is 8.01. The Morgan fingerprint density at radius 1 is 1.03 bits per heavy atom. The number of allylic oxidation sites excluding steroid dienone is 1. The van der Waals surface area contributed by atoms with Gasteiger partial charge in [0.25, 0.3) is 5.91 Å². The highest BCUT2D eigenvalue weighted by molar-refractivity contribution is 5.95. The molecule has 1 aliphatic carbocycles. The lowest BCUT2D eigenvalue weighted by Gasteiger charge is -2.32. The molecular formula is C23H32N2O4. The maximum absolute atomic E-state index is 12.8. The molecule has 0 radical (unpaired) electrons. The van der Waals surface area contributed by atoms with Crippen molar-refractivity contribution in [3.63, 3.8) is 0 Å². The normalized spacial score (nSPS) is 18.6. The topological polar surface area (TPSA) is 67.9 Å². The molecule has 2 aliphatic rings. The Labute approximate surface area is 173 Å². The maximum Gasteiger partial charge on any atom is 0.253 e. The van der Waals surface area contributed by atoms with Gasteiger partial charge in [0, 0.05) is 30.8 Å². The standard InChI is InChI=1S/C23H32N2O4/c1-16(17-6-4-5-7-17)14-22(26)24-19-10-12-25(13-11-19)23(27)18-8-9-20(28-2)21(15-18)29-3/h8-9,14-15,17,19H,4-7,10-13H2,1-3H3,(H,24,26)/b16-14+. The first kappa shape index (κ1) is 21.2. The Morgan fingerprint density at radius 3 is 2.31 bits per heavy atom. The monoisotopic (exact) mass is 400 g/mol. The zero-order valence-electron chi connectivity index (χ0n) is 17.7. The van der Waals surface area contributed by atoms with E-state index in [1.807, 2.05) is 4.90 Å². The third-order valence-electron chi connectivity index (χ3n) is 6.12. The molecule has 2 amide bonds. The lowest BCUT2D eigenvalue weighted by molar-refractivity contribution is -0.117. The van der Waals surface area contributed by atoms with Crippen LogP contribution in [0.5, 0.6) is 11.5 Å². The zero-order chi connectivity index (χ0) is 20.8. The summed E-state index contributed by atoms with van der Waals surface area (Å²) in [5.41, 5.74) is 1.78. The molecule has 1 aromatic rings. The number of rotatable bonds is 6. The number of amides is 2. The molecule has 0 aromatic heterocycles. The summed E-state index contributed by atoms with van der Waals surface area (Å²) in [5.74, 6) is 1.70. The molecule has 1 aromatic carbocycles. The fourth-order valence-corrected chi connectivity index (χ4v) is 4.33. The van der Waals surface area contributed by atoms with Crippen LogP contribution in [-0.2, 0) is 4.79 Å². The van der Waals surface area contributed by atoms with E-state index in [1.54, 1.807) is 38.5 Å². The average molecular weight is 401 g/mol. The van der Waals surface area contributed by atoms with E-state index in [1.165, 1.54) is 31.3 Å². The van der Waals surface area contributed by atoms with Crippen molar-refractivity contribution in [2.75, 3.05) is 27.3 Å². The molecule has 0 bridgehead atoms. The van der Waals surface area contributed by atoms with Gasteiger partial charge in [-0.1, -0.05) is 18.4 Å². The summed E-state index contributed by atoms with van der Waals surface area (Å²) in [6, 6.07) is 5.34. The number of methoxy groups -OCH3 is 2. The average Bonchev–Trinajstić information content (AvgIpc) is 3.28. The van der Waals surface area contributed by atoms with Crippen LogP contribution in [0.4, 0.5) is 0 Å². The van der Waals surface area contributed by atoms with Crippen molar-refractivity contribution >= 4 is 11.8 Å². The van der Waals surface area contributed by atoms with Crippen LogP contribution in [0.3, 0.4) is 0 Å². The Balaban J connectivity index is 1.51. The van der Waals surface area contributed by atoms with Gasteiger partial charge in [-0.05, 0) is 56.7 Å². The molecule has 1 heterocycles. The molecule has 158 valence electrons. The van der Waals surface area contributed by atoms with E-state index < -0.39 is 0 Å². The predicted molar refractivity (Wildman–Crippen MR) is 112 cm³/mol. The lowest BCUT2D eigenvalue weighted by Crippen LogP contribution is -2.46. The number of hydrogen-bond donors (Lipinski definition) is 1. The van der Waals surface area contributed by atoms with Gasteiger partial charge in [0.1, 0.15) is 0 Å². The minimum atomic E-state index is -0.0206. The van der Waals surface area contributed by atoms with E-state index >= 15 is 0 Å². The van der Waals surface area contributed by atoms with Gasteiger partial charge in [0.2, 0.25) is 5.91 Å². The van der Waals surface area contributed by atoms with Crippen LogP contribution < -0.4 is 14.8 Å². The first-order chi connectivity index (χ1) is 14.0. The SMILES string of the molecule is COc1ccc(C(=O)N2CCC(NC(=O)/C=C(\C)C3CCCC3)CC2)cc1OC. The molecule has 1 saturated carbocycles. The quantitative estimate of drug-likeness (QED) is 0.742. The van der Waals surface area contributed by atoms with Gasteiger partial charge in [-0.15, -0.1) is 0 Å². The van der Waals surface area contributed by atoms with E-state index in [9.17, 15) is 9.59 Å².